The number of hydrogen-bond donors (Lipinski definition) is 2. The predicted molar refractivity (Wildman–Crippen MR) is 85.9 cm³/mol. The Morgan fingerprint density at radius 3 is 2.91 bits per heavy atom. The molecule has 1 aliphatic carbocycles. The number of hydrogen-bond acceptors (Lipinski definition) is 3. The van der Waals surface area contributed by atoms with E-state index in [4.69, 9.17) is 4.74 Å². The Morgan fingerprint density at radius 2 is 2.22 bits per heavy atom. The van der Waals surface area contributed by atoms with E-state index >= 15 is 0 Å². The fourth-order valence-electron chi connectivity index (χ4n) is 2.80. The highest BCUT2D eigenvalue weighted by atomic mass is 19.1. The van der Waals surface area contributed by atoms with Crippen molar-refractivity contribution < 1.29 is 13.9 Å². The molecule has 1 aromatic carbocycles. The monoisotopic (exact) mass is 321 g/mol. The normalized spacial score (nSPS) is 21.2. The lowest BCUT2D eigenvalue weighted by molar-refractivity contribution is 0.235. The fourth-order valence-corrected chi connectivity index (χ4v) is 2.80. The summed E-state index contributed by atoms with van der Waals surface area (Å²) < 4.78 is 19.8. The Hall–Kier alpha value is -1.82. The number of ether oxygens (including phenoxy) is 1. The number of rotatable bonds is 6. The Morgan fingerprint density at radius 1 is 1.39 bits per heavy atom. The number of nitrogens with zero attached hydrogens (tertiary/aromatic N) is 1. The van der Waals surface area contributed by atoms with Crippen molar-refractivity contribution in [3.63, 3.8) is 0 Å². The summed E-state index contributed by atoms with van der Waals surface area (Å²) in [5, 5.41) is 5.68. The second-order valence-electron chi connectivity index (χ2n) is 6.25. The summed E-state index contributed by atoms with van der Waals surface area (Å²) in [5.74, 6) is -0.0979. The molecule has 2 fully saturated rings. The maximum atomic E-state index is 14.3. The Bertz CT molecular complexity index is 563. The number of carbonyl (C=O) groups is 1. The SMILES string of the molecule is CCN1CCC(NC(=O)NCc2cccc(OC3CC3)c2F)C1. The number of nitrogens with one attached hydrogen (secondary N) is 2. The number of halogens is 1. The number of likely N-dealkylation sites (N-methyl/N-ethyl adjacent to an activating group) is 1. The molecule has 0 spiro atoms. The third-order valence-corrected chi connectivity index (χ3v) is 4.36. The summed E-state index contributed by atoms with van der Waals surface area (Å²) in [4.78, 5) is 14.3. The first-order chi connectivity index (χ1) is 11.2. The maximum Gasteiger partial charge on any atom is 0.315 e. The minimum atomic E-state index is -0.377. The average molecular weight is 321 g/mol. The van der Waals surface area contributed by atoms with E-state index in [1.54, 1.807) is 18.2 Å². The molecular formula is C17H24FN3O2. The molecule has 1 atom stereocenters. The molecule has 23 heavy (non-hydrogen) atoms. The molecule has 2 amide bonds. The van der Waals surface area contributed by atoms with Gasteiger partial charge in [0.1, 0.15) is 0 Å². The van der Waals surface area contributed by atoms with Gasteiger partial charge in [-0.2, -0.15) is 0 Å². The van der Waals surface area contributed by atoms with Gasteiger partial charge in [0.15, 0.2) is 11.6 Å². The molecule has 126 valence electrons. The van der Waals surface area contributed by atoms with E-state index in [2.05, 4.69) is 22.5 Å². The lowest BCUT2D eigenvalue weighted by atomic mass is 10.2. The fraction of sp³-hybridized carbons (Fsp3) is 0.588. The Labute approximate surface area is 136 Å². The smallest absolute Gasteiger partial charge is 0.315 e. The lowest BCUT2D eigenvalue weighted by Crippen LogP contribution is -2.43. The van der Waals surface area contributed by atoms with Crippen molar-refractivity contribution in [3.8, 4) is 5.75 Å². The van der Waals surface area contributed by atoms with E-state index in [1.165, 1.54) is 0 Å². The van der Waals surface area contributed by atoms with Crippen LogP contribution in [0, 0.1) is 5.82 Å². The first-order valence-corrected chi connectivity index (χ1v) is 8.36. The van der Waals surface area contributed by atoms with Crippen LogP contribution in [0.1, 0.15) is 31.7 Å². The van der Waals surface area contributed by atoms with E-state index < -0.39 is 0 Å². The predicted octanol–water partition coefficient (Wildman–Crippen LogP) is 2.26. The molecule has 1 unspecified atom stereocenters. The highest BCUT2D eigenvalue weighted by Crippen LogP contribution is 2.29. The van der Waals surface area contributed by atoms with Crippen LogP contribution in [0.3, 0.4) is 0 Å². The topological polar surface area (TPSA) is 53.6 Å². The highest BCUT2D eigenvalue weighted by molar-refractivity contribution is 5.74. The molecule has 3 rings (SSSR count). The molecule has 0 bridgehead atoms. The summed E-state index contributed by atoms with van der Waals surface area (Å²) in [6.45, 7) is 5.16. The van der Waals surface area contributed by atoms with Crippen LogP contribution in [-0.2, 0) is 6.54 Å². The third kappa shape index (κ3) is 4.34. The zero-order chi connectivity index (χ0) is 16.2. The number of likely N-dealkylation sites (tertiary alicyclic amines) is 1. The van der Waals surface area contributed by atoms with E-state index in [1.807, 2.05) is 0 Å². The molecule has 1 saturated heterocycles. The van der Waals surface area contributed by atoms with Gasteiger partial charge in [0.25, 0.3) is 0 Å². The standard InChI is InChI=1S/C17H24FN3O2/c1-2-21-9-8-13(11-21)20-17(22)19-10-12-4-3-5-15(16(12)18)23-14-6-7-14/h3-5,13-14H,2,6-11H2,1H3,(H2,19,20,22). The first-order valence-electron chi connectivity index (χ1n) is 8.36. The van der Waals surface area contributed by atoms with Gasteiger partial charge in [-0.25, -0.2) is 9.18 Å². The van der Waals surface area contributed by atoms with Crippen LogP contribution in [0.25, 0.3) is 0 Å². The van der Waals surface area contributed by atoms with Gasteiger partial charge in [-0.05, 0) is 31.9 Å². The molecule has 2 N–H and O–H groups in total. The van der Waals surface area contributed by atoms with E-state index in [9.17, 15) is 9.18 Å². The first kappa shape index (κ1) is 16.1. The molecule has 1 saturated carbocycles. The highest BCUT2D eigenvalue weighted by Gasteiger charge is 2.25. The molecule has 5 nitrogen and oxygen atoms in total. The van der Waals surface area contributed by atoms with Gasteiger partial charge in [0.2, 0.25) is 0 Å². The van der Waals surface area contributed by atoms with Gasteiger partial charge in [0, 0.05) is 31.2 Å². The third-order valence-electron chi connectivity index (χ3n) is 4.36. The number of urea groups is 1. The maximum absolute atomic E-state index is 14.3. The quantitative estimate of drug-likeness (QED) is 0.845. The van der Waals surface area contributed by atoms with Crippen molar-refractivity contribution in [1.82, 2.24) is 15.5 Å². The van der Waals surface area contributed by atoms with Gasteiger partial charge in [0.05, 0.1) is 6.10 Å². The Balaban J connectivity index is 1.48. The molecular weight excluding hydrogens is 297 g/mol. The van der Waals surface area contributed by atoms with E-state index in [-0.39, 0.29) is 36.3 Å². The second kappa shape index (κ2) is 7.17. The van der Waals surface area contributed by atoms with Crippen LogP contribution in [0.4, 0.5) is 9.18 Å². The average Bonchev–Trinajstić information content (AvgIpc) is 3.25. The minimum Gasteiger partial charge on any atom is -0.487 e. The summed E-state index contributed by atoms with van der Waals surface area (Å²) >= 11 is 0. The molecule has 0 radical (unpaired) electrons. The number of carbonyl (C=O) groups excluding carboxylic acids is 1. The number of amides is 2. The minimum absolute atomic E-state index is 0.153. The summed E-state index contributed by atoms with van der Waals surface area (Å²) in [7, 11) is 0. The molecule has 2 aliphatic rings. The van der Waals surface area contributed by atoms with Crippen LogP contribution in [0.5, 0.6) is 5.75 Å². The van der Waals surface area contributed by atoms with Gasteiger partial charge in [-0.3, -0.25) is 0 Å². The van der Waals surface area contributed by atoms with Crippen LogP contribution >= 0.6 is 0 Å². The molecule has 1 heterocycles. The van der Waals surface area contributed by atoms with Crippen molar-refractivity contribution >= 4 is 6.03 Å². The molecule has 1 aromatic rings. The molecule has 0 aromatic heterocycles. The zero-order valence-electron chi connectivity index (χ0n) is 13.5. The summed E-state index contributed by atoms with van der Waals surface area (Å²) in [5.41, 5.74) is 0.444. The number of benzene rings is 1. The van der Waals surface area contributed by atoms with Gasteiger partial charge < -0.3 is 20.3 Å². The summed E-state index contributed by atoms with van der Waals surface area (Å²) in [6, 6.07) is 4.98. The van der Waals surface area contributed by atoms with Crippen LogP contribution in [0.2, 0.25) is 0 Å². The van der Waals surface area contributed by atoms with Crippen molar-refractivity contribution in [1.29, 1.82) is 0 Å². The van der Waals surface area contributed by atoms with Crippen LogP contribution in [-0.4, -0.2) is 42.7 Å². The van der Waals surface area contributed by atoms with Gasteiger partial charge in [-0.1, -0.05) is 19.1 Å². The van der Waals surface area contributed by atoms with Crippen molar-refractivity contribution in [2.75, 3.05) is 19.6 Å². The van der Waals surface area contributed by atoms with E-state index in [0.29, 0.717) is 5.56 Å². The largest absolute Gasteiger partial charge is 0.487 e. The van der Waals surface area contributed by atoms with Gasteiger partial charge in [-0.15, -0.1) is 0 Å². The van der Waals surface area contributed by atoms with E-state index in [0.717, 1.165) is 38.9 Å². The zero-order valence-corrected chi connectivity index (χ0v) is 13.5. The lowest BCUT2D eigenvalue weighted by Gasteiger charge is -2.15. The second-order valence-corrected chi connectivity index (χ2v) is 6.25. The van der Waals surface area contributed by atoms with Crippen molar-refractivity contribution in [3.05, 3.63) is 29.6 Å². The van der Waals surface area contributed by atoms with Crippen molar-refractivity contribution in [2.24, 2.45) is 0 Å². The van der Waals surface area contributed by atoms with Crippen LogP contribution < -0.4 is 15.4 Å². The Kier molecular flexibility index (Phi) is 5.00. The summed E-state index contributed by atoms with van der Waals surface area (Å²) in [6.07, 6.45) is 3.08. The van der Waals surface area contributed by atoms with Gasteiger partial charge >= 0.3 is 6.03 Å². The van der Waals surface area contributed by atoms with Crippen molar-refractivity contribution in [2.45, 2.75) is 44.9 Å². The molecule has 6 heteroatoms. The molecule has 1 aliphatic heterocycles. The van der Waals surface area contributed by atoms with Crippen LogP contribution in [0.15, 0.2) is 18.2 Å².